The van der Waals surface area contributed by atoms with Gasteiger partial charge in [0.05, 0.1) is 31.3 Å². The van der Waals surface area contributed by atoms with Gasteiger partial charge in [-0.15, -0.1) is 0 Å². The molecule has 8 nitrogen and oxygen atoms in total. The van der Waals surface area contributed by atoms with Crippen molar-refractivity contribution in [3.63, 3.8) is 0 Å². The molecule has 0 bridgehead atoms. The molecule has 0 aliphatic carbocycles. The molecule has 0 spiro atoms. The molecule has 0 aliphatic heterocycles. The van der Waals surface area contributed by atoms with Crippen LogP contribution in [0.15, 0.2) is 65.6 Å². The topological polar surface area (TPSA) is 94.2 Å². The van der Waals surface area contributed by atoms with Gasteiger partial charge in [0, 0.05) is 6.07 Å². The van der Waals surface area contributed by atoms with Gasteiger partial charge in [-0.05, 0) is 62.2 Å². The van der Waals surface area contributed by atoms with Crippen molar-refractivity contribution in [2.75, 3.05) is 38.2 Å². The molecule has 3 rings (SSSR count). The average Bonchev–Trinajstić information content (AvgIpc) is 2.87. The Kier molecular flexibility index (Phi) is 8.82. The molecule has 1 N–H and O–H groups in total. The van der Waals surface area contributed by atoms with Crippen LogP contribution in [-0.4, -0.2) is 48.2 Å². The zero-order valence-corrected chi connectivity index (χ0v) is 22.0. The zero-order valence-electron chi connectivity index (χ0n) is 21.2. The fourth-order valence-electron chi connectivity index (χ4n) is 3.55. The summed E-state index contributed by atoms with van der Waals surface area (Å²) in [5, 5.41) is 2.74. The molecule has 0 saturated heterocycles. The van der Waals surface area contributed by atoms with Crippen LogP contribution in [0.3, 0.4) is 0 Å². The highest BCUT2D eigenvalue weighted by atomic mass is 32.2. The number of sulfonamides is 1. The Bertz CT molecular complexity index is 1310. The van der Waals surface area contributed by atoms with Gasteiger partial charge < -0.3 is 19.5 Å². The minimum atomic E-state index is -4.10. The number of rotatable bonds is 11. The lowest BCUT2D eigenvalue weighted by Crippen LogP contribution is -2.42. The van der Waals surface area contributed by atoms with Crippen LogP contribution in [-0.2, 0) is 14.8 Å². The van der Waals surface area contributed by atoms with E-state index >= 15 is 0 Å². The van der Waals surface area contributed by atoms with Crippen LogP contribution in [0.4, 0.5) is 5.69 Å². The Morgan fingerprint density at radius 2 is 1.64 bits per heavy atom. The van der Waals surface area contributed by atoms with Crippen molar-refractivity contribution in [2.45, 2.75) is 25.7 Å². The van der Waals surface area contributed by atoms with E-state index in [4.69, 9.17) is 14.2 Å². The van der Waals surface area contributed by atoms with Gasteiger partial charge in [-0.3, -0.25) is 9.10 Å². The van der Waals surface area contributed by atoms with Crippen molar-refractivity contribution < 1.29 is 27.4 Å². The van der Waals surface area contributed by atoms with Gasteiger partial charge in [0.2, 0.25) is 5.91 Å². The Morgan fingerprint density at radius 3 is 2.31 bits per heavy atom. The number of carbonyl (C=O) groups is 1. The number of hydrogen-bond donors (Lipinski definition) is 1. The molecule has 0 unspecified atom stereocenters. The molecule has 3 aromatic rings. The number of hydrogen-bond acceptors (Lipinski definition) is 6. The summed E-state index contributed by atoms with van der Waals surface area (Å²) in [6.45, 7) is 5.83. The molecule has 36 heavy (non-hydrogen) atoms. The van der Waals surface area contributed by atoms with Crippen molar-refractivity contribution in [2.24, 2.45) is 0 Å². The lowest BCUT2D eigenvalue weighted by Gasteiger charge is -2.26. The van der Waals surface area contributed by atoms with E-state index in [-0.39, 0.29) is 29.5 Å². The predicted octanol–water partition coefficient (Wildman–Crippen LogP) is 4.02. The van der Waals surface area contributed by atoms with Crippen LogP contribution in [0.1, 0.15) is 16.7 Å². The largest absolute Gasteiger partial charge is 0.497 e. The van der Waals surface area contributed by atoms with E-state index in [1.54, 1.807) is 24.3 Å². The summed E-state index contributed by atoms with van der Waals surface area (Å²) >= 11 is 0. The Hall–Kier alpha value is -3.72. The molecule has 3 aromatic carbocycles. The van der Waals surface area contributed by atoms with Gasteiger partial charge in [0.1, 0.15) is 30.4 Å². The summed E-state index contributed by atoms with van der Waals surface area (Å²) in [5.74, 6) is 0.976. The van der Waals surface area contributed by atoms with E-state index in [0.29, 0.717) is 5.75 Å². The zero-order chi connectivity index (χ0) is 26.3. The van der Waals surface area contributed by atoms with Crippen LogP contribution in [0, 0.1) is 20.8 Å². The number of methoxy groups -OCH3 is 2. The first-order valence-corrected chi connectivity index (χ1v) is 12.9. The highest BCUT2D eigenvalue weighted by Gasteiger charge is 2.30. The van der Waals surface area contributed by atoms with Crippen molar-refractivity contribution in [1.29, 1.82) is 0 Å². The van der Waals surface area contributed by atoms with E-state index in [0.717, 1.165) is 26.7 Å². The number of carbonyl (C=O) groups excluding carboxylic acids is 1. The third-order valence-corrected chi connectivity index (χ3v) is 7.56. The first kappa shape index (κ1) is 26.9. The predicted molar refractivity (Wildman–Crippen MR) is 140 cm³/mol. The minimum Gasteiger partial charge on any atom is -0.497 e. The lowest BCUT2D eigenvalue weighted by atomic mass is 10.1. The summed E-state index contributed by atoms with van der Waals surface area (Å²) in [7, 11) is -1.19. The fraction of sp³-hybridized carbons (Fsp3) is 0.296. The summed E-state index contributed by atoms with van der Waals surface area (Å²) in [6.07, 6.45) is 0. The average molecular weight is 513 g/mol. The highest BCUT2D eigenvalue weighted by Crippen LogP contribution is 2.35. The first-order chi connectivity index (χ1) is 17.2. The molecule has 0 fully saturated rings. The van der Waals surface area contributed by atoms with Crippen LogP contribution >= 0.6 is 0 Å². The van der Waals surface area contributed by atoms with Gasteiger partial charge in [0.25, 0.3) is 10.0 Å². The third kappa shape index (κ3) is 6.28. The van der Waals surface area contributed by atoms with E-state index in [1.165, 1.54) is 32.4 Å². The standard InChI is InChI=1S/C27H32N2O6S/c1-19-9-12-23(13-10-19)36(31,32)29(24-17-22(33-4)11-14-26(24)34-5)18-27(30)28-15-16-35-25-8-6-7-20(2)21(25)3/h6-14,17H,15-16,18H2,1-5H3,(H,28,30). The second-order valence-corrected chi connectivity index (χ2v) is 10.1. The quantitative estimate of drug-likeness (QED) is 0.390. The molecule has 0 saturated carbocycles. The number of benzene rings is 3. The molecule has 0 radical (unpaired) electrons. The highest BCUT2D eigenvalue weighted by molar-refractivity contribution is 7.92. The molecule has 0 atom stereocenters. The number of aryl methyl sites for hydroxylation is 2. The van der Waals surface area contributed by atoms with Crippen molar-refractivity contribution in [1.82, 2.24) is 5.32 Å². The molecular weight excluding hydrogens is 480 g/mol. The minimum absolute atomic E-state index is 0.0593. The second kappa shape index (κ2) is 11.8. The molecule has 9 heteroatoms. The maximum atomic E-state index is 13.7. The van der Waals surface area contributed by atoms with Gasteiger partial charge in [-0.1, -0.05) is 29.8 Å². The van der Waals surface area contributed by atoms with Gasteiger partial charge in [-0.25, -0.2) is 8.42 Å². The van der Waals surface area contributed by atoms with Crippen LogP contribution in [0.2, 0.25) is 0 Å². The normalized spacial score (nSPS) is 11.0. The number of amides is 1. The van der Waals surface area contributed by atoms with E-state index in [9.17, 15) is 13.2 Å². The Morgan fingerprint density at radius 1 is 0.917 bits per heavy atom. The lowest BCUT2D eigenvalue weighted by molar-refractivity contribution is -0.119. The molecule has 192 valence electrons. The molecule has 1 amide bonds. The summed E-state index contributed by atoms with van der Waals surface area (Å²) in [6, 6.07) is 17.0. The van der Waals surface area contributed by atoms with E-state index < -0.39 is 22.5 Å². The maximum Gasteiger partial charge on any atom is 0.264 e. The number of nitrogens with zero attached hydrogens (tertiary/aromatic N) is 1. The van der Waals surface area contributed by atoms with Gasteiger partial charge >= 0.3 is 0 Å². The Labute approximate surface area is 212 Å². The van der Waals surface area contributed by atoms with Crippen LogP contribution in [0.5, 0.6) is 17.2 Å². The summed E-state index contributed by atoms with van der Waals surface area (Å²) in [5.41, 5.74) is 3.25. The molecule has 0 aromatic heterocycles. The van der Waals surface area contributed by atoms with Crippen molar-refractivity contribution in [3.8, 4) is 17.2 Å². The fourth-order valence-corrected chi connectivity index (χ4v) is 4.97. The van der Waals surface area contributed by atoms with Crippen LogP contribution in [0.25, 0.3) is 0 Å². The van der Waals surface area contributed by atoms with Crippen LogP contribution < -0.4 is 23.8 Å². The van der Waals surface area contributed by atoms with Gasteiger partial charge in [-0.2, -0.15) is 0 Å². The smallest absolute Gasteiger partial charge is 0.264 e. The first-order valence-electron chi connectivity index (χ1n) is 11.4. The SMILES string of the molecule is COc1ccc(OC)c(N(CC(=O)NCCOc2cccc(C)c2C)S(=O)(=O)c2ccc(C)cc2)c1. The monoisotopic (exact) mass is 512 g/mol. The second-order valence-electron chi connectivity index (χ2n) is 8.26. The molecule has 0 aliphatic rings. The Balaban J connectivity index is 1.82. The summed E-state index contributed by atoms with van der Waals surface area (Å²) < 4.78 is 44.8. The maximum absolute atomic E-state index is 13.7. The van der Waals surface area contributed by atoms with Gasteiger partial charge in [0.15, 0.2) is 0 Å². The number of nitrogens with one attached hydrogen (secondary N) is 1. The number of anilines is 1. The third-order valence-electron chi connectivity index (χ3n) is 5.79. The number of ether oxygens (including phenoxy) is 3. The molecule has 0 heterocycles. The summed E-state index contributed by atoms with van der Waals surface area (Å²) in [4.78, 5) is 13.0. The van der Waals surface area contributed by atoms with E-state index in [1.807, 2.05) is 39.0 Å². The van der Waals surface area contributed by atoms with Crippen molar-refractivity contribution >= 4 is 21.6 Å². The van der Waals surface area contributed by atoms with Crippen molar-refractivity contribution in [3.05, 3.63) is 77.4 Å². The molecular formula is C27H32N2O6S. The van der Waals surface area contributed by atoms with E-state index in [2.05, 4.69) is 5.32 Å².